The molecule has 3 heterocycles. The van der Waals surface area contributed by atoms with Crippen molar-refractivity contribution >= 4 is 5.91 Å². The van der Waals surface area contributed by atoms with Crippen LogP contribution in [0.2, 0.25) is 0 Å². The van der Waals surface area contributed by atoms with E-state index >= 15 is 0 Å². The summed E-state index contributed by atoms with van der Waals surface area (Å²) in [5.41, 5.74) is 0.898. The van der Waals surface area contributed by atoms with Gasteiger partial charge in [0.25, 0.3) is 5.91 Å². The lowest BCUT2D eigenvalue weighted by Crippen LogP contribution is -2.29. The molecule has 1 amide bonds. The maximum absolute atomic E-state index is 12.5. The molecular weight excluding hydrogens is 266 g/mol. The first-order valence-electron chi connectivity index (χ1n) is 7.59. The molecular formula is C16H19N3O2. The number of nitrogens with zero attached hydrogens (tertiary/aromatic N) is 3. The van der Waals surface area contributed by atoms with Gasteiger partial charge in [-0.3, -0.25) is 9.48 Å². The highest BCUT2D eigenvalue weighted by Crippen LogP contribution is 2.38. The molecule has 0 radical (unpaired) electrons. The molecule has 110 valence electrons. The van der Waals surface area contributed by atoms with Gasteiger partial charge in [0.05, 0.1) is 11.8 Å². The first-order chi connectivity index (χ1) is 10.2. The molecule has 1 saturated heterocycles. The molecule has 0 unspecified atom stereocenters. The highest BCUT2D eigenvalue weighted by molar-refractivity contribution is 5.92. The van der Waals surface area contributed by atoms with Crippen molar-refractivity contribution < 1.29 is 9.21 Å². The second kappa shape index (κ2) is 4.76. The number of rotatable bonds is 2. The highest BCUT2D eigenvalue weighted by Gasteiger charge is 2.38. The maximum Gasteiger partial charge on any atom is 0.289 e. The number of hydrogen-bond acceptors (Lipinski definition) is 3. The van der Waals surface area contributed by atoms with Crippen LogP contribution in [0, 0.1) is 11.8 Å². The second-order valence-electron chi connectivity index (χ2n) is 6.23. The van der Waals surface area contributed by atoms with Crippen LogP contribution in [0.15, 0.2) is 28.9 Å². The Balaban J connectivity index is 1.52. The monoisotopic (exact) mass is 285 g/mol. The van der Waals surface area contributed by atoms with E-state index in [1.165, 1.54) is 19.3 Å². The van der Waals surface area contributed by atoms with Crippen LogP contribution in [0.25, 0.3) is 11.3 Å². The molecule has 5 heteroatoms. The topological polar surface area (TPSA) is 51.3 Å². The second-order valence-corrected chi connectivity index (χ2v) is 6.23. The van der Waals surface area contributed by atoms with Crippen LogP contribution in [0.3, 0.4) is 0 Å². The Morgan fingerprint density at radius 1 is 1.29 bits per heavy atom. The number of fused-ring (bicyclic) bond motifs is 1. The minimum absolute atomic E-state index is 0.0274. The smallest absolute Gasteiger partial charge is 0.289 e. The summed E-state index contributed by atoms with van der Waals surface area (Å²) in [5.74, 6) is 2.59. The number of hydrogen-bond donors (Lipinski definition) is 0. The van der Waals surface area contributed by atoms with Crippen molar-refractivity contribution in [1.29, 1.82) is 0 Å². The Hall–Kier alpha value is -2.04. The van der Waals surface area contributed by atoms with Crippen LogP contribution in [0.1, 0.15) is 29.8 Å². The minimum atomic E-state index is 0.0274. The molecule has 1 aliphatic heterocycles. The van der Waals surface area contributed by atoms with Gasteiger partial charge >= 0.3 is 0 Å². The van der Waals surface area contributed by atoms with E-state index in [1.807, 2.05) is 24.2 Å². The van der Waals surface area contributed by atoms with Crippen LogP contribution in [-0.4, -0.2) is 33.7 Å². The van der Waals surface area contributed by atoms with Crippen LogP contribution in [-0.2, 0) is 7.05 Å². The van der Waals surface area contributed by atoms with Crippen molar-refractivity contribution in [3.8, 4) is 11.3 Å². The van der Waals surface area contributed by atoms with Crippen LogP contribution in [0.4, 0.5) is 0 Å². The predicted octanol–water partition coefficient (Wildman–Crippen LogP) is 2.55. The molecule has 4 rings (SSSR count). The summed E-state index contributed by atoms with van der Waals surface area (Å²) in [6, 6.07) is 3.62. The standard InChI is InChI=1S/C16H19N3O2/c1-18-8-13(7-17-18)14-5-6-15(21-14)16(20)19-9-11-3-2-4-12(11)10-19/h5-8,11-12H,2-4,9-10H2,1H3/t11-,12+. The normalized spacial score (nSPS) is 24.5. The number of aryl methyl sites for hydroxylation is 1. The third-order valence-corrected chi connectivity index (χ3v) is 4.82. The van der Waals surface area contributed by atoms with Gasteiger partial charge < -0.3 is 9.32 Å². The number of likely N-dealkylation sites (tertiary alicyclic amines) is 1. The summed E-state index contributed by atoms with van der Waals surface area (Å²) >= 11 is 0. The molecule has 2 aromatic heterocycles. The van der Waals surface area contributed by atoms with Gasteiger partial charge in [0.2, 0.25) is 0 Å². The molecule has 0 bridgehead atoms. The van der Waals surface area contributed by atoms with Crippen LogP contribution >= 0.6 is 0 Å². The third kappa shape index (κ3) is 2.17. The van der Waals surface area contributed by atoms with E-state index in [-0.39, 0.29) is 5.91 Å². The summed E-state index contributed by atoms with van der Waals surface area (Å²) in [7, 11) is 1.86. The van der Waals surface area contributed by atoms with E-state index in [1.54, 1.807) is 16.9 Å². The van der Waals surface area contributed by atoms with Crippen LogP contribution < -0.4 is 0 Å². The lowest BCUT2D eigenvalue weighted by Gasteiger charge is -2.15. The summed E-state index contributed by atoms with van der Waals surface area (Å²) in [6.07, 6.45) is 7.49. The van der Waals surface area contributed by atoms with Gasteiger partial charge in [0.15, 0.2) is 5.76 Å². The van der Waals surface area contributed by atoms with E-state index in [0.717, 1.165) is 18.7 Å². The van der Waals surface area contributed by atoms with Gasteiger partial charge in [-0.15, -0.1) is 0 Å². The Morgan fingerprint density at radius 3 is 2.71 bits per heavy atom. The number of furan rings is 1. The summed E-state index contributed by atoms with van der Waals surface area (Å²) in [4.78, 5) is 14.5. The quantitative estimate of drug-likeness (QED) is 0.852. The summed E-state index contributed by atoms with van der Waals surface area (Å²) in [5, 5.41) is 4.12. The zero-order chi connectivity index (χ0) is 14.4. The molecule has 2 aliphatic rings. The lowest BCUT2D eigenvalue weighted by atomic mass is 10.0. The van der Waals surface area contributed by atoms with Crippen molar-refractivity contribution in [3.63, 3.8) is 0 Å². The molecule has 2 fully saturated rings. The average molecular weight is 285 g/mol. The molecule has 1 aliphatic carbocycles. The SMILES string of the molecule is Cn1cc(-c2ccc(C(=O)N3C[C@H]4CCC[C@H]4C3)o2)cn1. The zero-order valence-corrected chi connectivity index (χ0v) is 12.2. The Morgan fingerprint density at radius 2 is 2.05 bits per heavy atom. The van der Waals surface area contributed by atoms with E-state index in [2.05, 4.69) is 5.10 Å². The molecule has 0 aromatic carbocycles. The molecule has 1 saturated carbocycles. The van der Waals surface area contributed by atoms with Gasteiger partial charge in [-0.1, -0.05) is 6.42 Å². The van der Waals surface area contributed by atoms with Gasteiger partial charge in [-0.25, -0.2) is 0 Å². The first-order valence-corrected chi connectivity index (χ1v) is 7.59. The van der Waals surface area contributed by atoms with E-state index in [4.69, 9.17) is 4.42 Å². The third-order valence-electron chi connectivity index (χ3n) is 4.82. The van der Waals surface area contributed by atoms with Gasteiger partial charge in [0, 0.05) is 26.3 Å². The minimum Gasteiger partial charge on any atom is -0.451 e. The lowest BCUT2D eigenvalue weighted by molar-refractivity contribution is 0.0750. The molecule has 5 nitrogen and oxygen atoms in total. The number of aromatic nitrogens is 2. The Labute approximate surface area is 123 Å². The molecule has 2 aromatic rings. The Bertz CT molecular complexity index is 661. The van der Waals surface area contributed by atoms with Gasteiger partial charge in [-0.2, -0.15) is 5.10 Å². The fourth-order valence-corrected chi connectivity index (χ4v) is 3.71. The molecule has 0 N–H and O–H groups in total. The molecule has 2 atom stereocenters. The van der Waals surface area contributed by atoms with Crippen molar-refractivity contribution in [3.05, 3.63) is 30.3 Å². The fraction of sp³-hybridized carbons (Fsp3) is 0.500. The number of carbonyl (C=O) groups excluding carboxylic acids is 1. The van der Waals surface area contributed by atoms with Crippen molar-refractivity contribution in [1.82, 2.24) is 14.7 Å². The Kier molecular flexibility index (Phi) is 2.87. The van der Waals surface area contributed by atoms with Crippen LogP contribution in [0.5, 0.6) is 0 Å². The number of amides is 1. The first kappa shape index (κ1) is 12.7. The maximum atomic E-state index is 12.5. The van der Waals surface area contributed by atoms with E-state index < -0.39 is 0 Å². The number of carbonyl (C=O) groups is 1. The largest absolute Gasteiger partial charge is 0.451 e. The fourth-order valence-electron chi connectivity index (χ4n) is 3.71. The van der Waals surface area contributed by atoms with E-state index in [0.29, 0.717) is 23.4 Å². The van der Waals surface area contributed by atoms with Gasteiger partial charge in [0.1, 0.15) is 5.76 Å². The van der Waals surface area contributed by atoms with Crippen molar-refractivity contribution in [2.45, 2.75) is 19.3 Å². The zero-order valence-electron chi connectivity index (χ0n) is 12.2. The predicted molar refractivity (Wildman–Crippen MR) is 77.6 cm³/mol. The van der Waals surface area contributed by atoms with Crippen molar-refractivity contribution in [2.24, 2.45) is 18.9 Å². The highest BCUT2D eigenvalue weighted by atomic mass is 16.4. The van der Waals surface area contributed by atoms with E-state index in [9.17, 15) is 4.79 Å². The molecule has 0 spiro atoms. The summed E-state index contributed by atoms with van der Waals surface area (Å²) < 4.78 is 7.46. The van der Waals surface area contributed by atoms with Crippen molar-refractivity contribution in [2.75, 3.05) is 13.1 Å². The van der Waals surface area contributed by atoms with Gasteiger partial charge in [-0.05, 0) is 36.8 Å². The average Bonchev–Trinajstić information content (AvgIpc) is 3.20. The molecule has 21 heavy (non-hydrogen) atoms. The summed E-state index contributed by atoms with van der Waals surface area (Å²) in [6.45, 7) is 1.79.